The van der Waals surface area contributed by atoms with Crippen LogP contribution in [0.1, 0.15) is 52.9 Å². The van der Waals surface area contributed by atoms with Crippen LogP contribution in [0.3, 0.4) is 0 Å². The molecule has 3 heteroatoms. The van der Waals surface area contributed by atoms with Gasteiger partial charge in [-0.15, -0.1) is 0 Å². The van der Waals surface area contributed by atoms with Crippen molar-refractivity contribution in [2.75, 3.05) is 26.7 Å². The highest BCUT2D eigenvalue weighted by Gasteiger charge is 2.27. The number of rotatable bonds is 8. The third kappa shape index (κ3) is 4.22. The SMILES string of the molecule is CCCC(N)C(CC)N(C)CC1CCCN1CC. The van der Waals surface area contributed by atoms with Gasteiger partial charge in [0.05, 0.1) is 0 Å². The second kappa shape index (κ2) is 8.13. The van der Waals surface area contributed by atoms with Gasteiger partial charge in [-0.1, -0.05) is 27.2 Å². The Hall–Kier alpha value is -0.120. The van der Waals surface area contributed by atoms with Gasteiger partial charge >= 0.3 is 0 Å². The summed E-state index contributed by atoms with van der Waals surface area (Å²) in [4.78, 5) is 5.13. The van der Waals surface area contributed by atoms with Gasteiger partial charge in [-0.3, -0.25) is 4.90 Å². The largest absolute Gasteiger partial charge is 0.326 e. The van der Waals surface area contributed by atoms with Gasteiger partial charge in [0.2, 0.25) is 0 Å². The van der Waals surface area contributed by atoms with Gasteiger partial charge in [0.15, 0.2) is 0 Å². The normalized spacial score (nSPS) is 24.7. The van der Waals surface area contributed by atoms with E-state index in [1.807, 2.05) is 0 Å². The Morgan fingerprint density at radius 2 is 2.06 bits per heavy atom. The van der Waals surface area contributed by atoms with E-state index < -0.39 is 0 Å². The number of nitrogens with two attached hydrogens (primary N) is 1. The maximum Gasteiger partial charge on any atom is 0.0242 e. The van der Waals surface area contributed by atoms with Gasteiger partial charge in [-0.25, -0.2) is 0 Å². The summed E-state index contributed by atoms with van der Waals surface area (Å²) in [6.45, 7) is 10.4. The van der Waals surface area contributed by atoms with E-state index in [4.69, 9.17) is 5.73 Å². The van der Waals surface area contributed by atoms with Crippen LogP contribution in [0.2, 0.25) is 0 Å². The molecular formula is C15H33N3. The van der Waals surface area contributed by atoms with Crippen molar-refractivity contribution in [3.8, 4) is 0 Å². The van der Waals surface area contributed by atoms with Crippen LogP contribution >= 0.6 is 0 Å². The fraction of sp³-hybridized carbons (Fsp3) is 1.00. The van der Waals surface area contributed by atoms with Crippen LogP contribution in [0, 0.1) is 0 Å². The molecule has 18 heavy (non-hydrogen) atoms. The van der Waals surface area contributed by atoms with Crippen LogP contribution in [0.25, 0.3) is 0 Å². The average Bonchev–Trinajstić information content (AvgIpc) is 2.77. The number of hydrogen-bond acceptors (Lipinski definition) is 3. The number of likely N-dealkylation sites (N-methyl/N-ethyl adjacent to an activating group) is 2. The lowest BCUT2D eigenvalue weighted by molar-refractivity contribution is 0.142. The summed E-state index contributed by atoms with van der Waals surface area (Å²) in [6, 6.07) is 1.63. The maximum atomic E-state index is 6.33. The van der Waals surface area contributed by atoms with Crippen molar-refractivity contribution in [1.82, 2.24) is 9.80 Å². The summed E-state index contributed by atoms with van der Waals surface area (Å²) in [5, 5.41) is 0. The predicted molar refractivity (Wildman–Crippen MR) is 79.9 cm³/mol. The van der Waals surface area contributed by atoms with Crippen LogP contribution in [0.15, 0.2) is 0 Å². The molecule has 0 bridgehead atoms. The van der Waals surface area contributed by atoms with E-state index in [0.717, 1.165) is 18.9 Å². The minimum atomic E-state index is 0.335. The van der Waals surface area contributed by atoms with Crippen LogP contribution < -0.4 is 5.73 Å². The van der Waals surface area contributed by atoms with Crippen molar-refractivity contribution in [3.63, 3.8) is 0 Å². The molecule has 0 amide bonds. The first-order chi connectivity index (χ1) is 8.63. The number of nitrogens with zero attached hydrogens (tertiary/aromatic N) is 2. The van der Waals surface area contributed by atoms with Gasteiger partial charge in [0.1, 0.15) is 0 Å². The molecule has 0 aromatic rings. The molecule has 1 heterocycles. The van der Waals surface area contributed by atoms with Crippen molar-refractivity contribution in [2.24, 2.45) is 5.73 Å². The summed E-state index contributed by atoms with van der Waals surface area (Å²) in [5.41, 5.74) is 6.33. The Bertz CT molecular complexity index is 220. The lowest BCUT2D eigenvalue weighted by Gasteiger charge is -2.35. The molecule has 2 N–H and O–H groups in total. The molecule has 3 unspecified atom stereocenters. The lowest BCUT2D eigenvalue weighted by atomic mass is 10.00. The summed E-state index contributed by atoms with van der Waals surface area (Å²) < 4.78 is 0. The Balaban J connectivity index is 2.48. The van der Waals surface area contributed by atoms with E-state index in [9.17, 15) is 0 Å². The second-order valence-electron chi connectivity index (χ2n) is 5.79. The van der Waals surface area contributed by atoms with Gasteiger partial charge in [-0.2, -0.15) is 0 Å². The number of hydrogen-bond donors (Lipinski definition) is 1. The zero-order chi connectivity index (χ0) is 13.5. The van der Waals surface area contributed by atoms with E-state index in [1.165, 1.54) is 38.9 Å². The van der Waals surface area contributed by atoms with E-state index in [2.05, 4.69) is 37.6 Å². The topological polar surface area (TPSA) is 32.5 Å². The summed E-state index contributed by atoms with van der Waals surface area (Å²) in [5.74, 6) is 0. The van der Waals surface area contributed by atoms with E-state index in [-0.39, 0.29) is 0 Å². The van der Waals surface area contributed by atoms with Crippen molar-refractivity contribution in [3.05, 3.63) is 0 Å². The molecule has 108 valence electrons. The van der Waals surface area contributed by atoms with Crippen LogP contribution in [0.5, 0.6) is 0 Å². The smallest absolute Gasteiger partial charge is 0.0242 e. The first-order valence-corrected chi connectivity index (χ1v) is 7.83. The predicted octanol–water partition coefficient (Wildman–Crippen LogP) is 2.31. The summed E-state index contributed by atoms with van der Waals surface area (Å²) in [7, 11) is 2.26. The fourth-order valence-electron chi connectivity index (χ4n) is 3.45. The molecule has 0 saturated carbocycles. The molecule has 3 atom stereocenters. The van der Waals surface area contributed by atoms with Crippen LogP contribution in [-0.2, 0) is 0 Å². The average molecular weight is 255 g/mol. The third-order valence-corrected chi connectivity index (χ3v) is 4.50. The maximum absolute atomic E-state index is 6.33. The standard InChI is InChI=1S/C15H33N3/c1-5-9-14(16)15(6-2)17(4)12-13-10-8-11-18(13)7-3/h13-15H,5-12,16H2,1-4H3. The second-order valence-corrected chi connectivity index (χ2v) is 5.79. The van der Waals surface area contributed by atoms with E-state index >= 15 is 0 Å². The third-order valence-electron chi connectivity index (χ3n) is 4.50. The van der Waals surface area contributed by atoms with Gasteiger partial charge in [0, 0.05) is 24.7 Å². The number of likely N-dealkylation sites (tertiary alicyclic amines) is 1. The molecule has 1 rings (SSSR count). The zero-order valence-electron chi connectivity index (χ0n) is 12.9. The Morgan fingerprint density at radius 3 is 2.61 bits per heavy atom. The van der Waals surface area contributed by atoms with Crippen molar-refractivity contribution < 1.29 is 0 Å². The molecule has 0 aliphatic carbocycles. The quantitative estimate of drug-likeness (QED) is 0.722. The molecule has 0 aromatic carbocycles. The van der Waals surface area contributed by atoms with E-state index in [1.54, 1.807) is 0 Å². The first kappa shape index (κ1) is 15.9. The highest BCUT2D eigenvalue weighted by atomic mass is 15.2. The van der Waals surface area contributed by atoms with E-state index in [0.29, 0.717) is 12.1 Å². The van der Waals surface area contributed by atoms with Gasteiger partial charge in [0.25, 0.3) is 0 Å². The van der Waals surface area contributed by atoms with Crippen molar-refractivity contribution in [1.29, 1.82) is 0 Å². The molecule has 0 radical (unpaired) electrons. The van der Waals surface area contributed by atoms with Gasteiger partial charge in [-0.05, 0) is 45.8 Å². The lowest BCUT2D eigenvalue weighted by Crippen LogP contribution is -2.49. The molecule has 1 fully saturated rings. The Labute approximate surface area is 114 Å². The molecule has 3 nitrogen and oxygen atoms in total. The first-order valence-electron chi connectivity index (χ1n) is 7.83. The fourth-order valence-corrected chi connectivity index (χ4v) is 3.45. The van der Waals surface area contributed by atoms with Crippen LogP contribution in [0.4, 0.5) is 0 Å². The van der Waals surface area contributed by atoms with Crippen molar-refractivity contribution >= 4 is 0 Å². The zero-order valence-corrected chi connectivity index (χ0v) is 12.9. The monoisotopic (exact) mass is 255 g/mol. The summed E-state index contributed by atoms with van der Waals surface area (Å²) in [6.07, 6.45) is 6.22. The molecular weight excluding hydrogens is 222 g/mol. The molecule has 0 spiro atoms. The Kier molecular flexibility index (Phi) is 7.20. The van der Waals surface area contributed by atoms with Gasteiger partial charge < -0.3 is 10.6 Å². The molecule has 0 aromatic heterocycles. The molecule has 1 aliphatic heterocycles. The Morgan fingerprint density at radius 1 is 1.33 bits per heavy atom. The molecule has 1 aliphatic rings. The minimum absolute atomic E-state index is 0.335. The minimum Gasteiger partial charge on any atom is -0.326 e. The summed E-state index contributed by atoms with van der Waals surface area (Å²) >= 11 is 0. The van der Waals surface area contributed by atoms with Crippen molar-refractivity contribution in [2.45, 2.75) is 71.0 Å². The highest BCUT2D eigenvalue weighted by Crippen LogP contribution is 2.19. The highest BCUT2D eigenvalue weighted by molar-refractivity contribution is 4.85. The van der Waals surface area contributed by atoms with Crippen LogP contribution in [-0.4, -0.2) is 54.6 Å². The molecule has 1 saturated heterocycles.